The lowest BCUT2D eigenvalue weighted by Gasteiger charge is -2.30. The van der Waals surface area contributed by atoms with Crippen molar-refractivity contribution in [2.45, 2.75) is 56.7 Å². The SMILES string of the molecule is O=C1CCc2cc(NS(=O)(=O)C3CCCCC3)ccc2N1Cc1ccccc1. The van der Waals surface area contributed by atoms with Gasteiger partial charge in [0.1, 0.15) is 0 Å². The van der Waals surface area contributed by atoms with Gasteiger partial charge in [0.05, 0.1) is 11.8 Å². The number of carbonyl (C=O) groups is 1. The molecule has 0 aromatic heterocycles. The maximum atomic E-state index is 12.7. The predicted octanol–water partition coefficient (Wildman–Crippen LogP) is 4.24. The number of aryl methyl sites for hydroxylation is 1. The first-order valence-electron chi connectivity index (χ1n) is 10.0. The van der Waals surface area contributed by atoms with Crippen LogP contribution in [0.4, 0.5) is 11.4 Å². The summed E-state index contributed by atoms with van der Waals surface area (Å²) in [7, 11) is -3.37. The number of hydrogen-bond donors (Lipinski definition) is 1. The zero-order valence-corrected chi connectivity index (χ0v) is 16.7. The molecule has 1 fully saturated rings. The summed E-state index contributed by atoms with van der Waals surface area (Å²) in [5.41, 5.74) is 3.56. The Bertz CT molecular complexity index is 951. The fourth-order valence-electron chi connectivity index (χ4n) is 4.19. The van der Waals surface area contributed by atoms with Crippen LogP contribution in [-0.4, -0.2) is 19.6 Å². The maximum absolute atomic E-state index is 12.7. The highest BCUT2D eigenvalue weighted by atomic mass is 32.2. The van der Waals surface area contributed by atoms with E-state index in [4.69, 9.17) is 0 Å². The molecule has 2 aromatic carbocycles. The number of fused-ring (bicyclic) bond motifs is 1. The second kappa shape index (κ2) is 7.95. The fraction of sp³-hybridized carbons (Fsp3) is 0.409. The molecule has 28 heavy (non-hydrogen) atoms. The second-order valence-electron chi connectivity index (χ2n) is 7.72. The lowest BCUT2D eigenvalue weighted by molar-refractivity contribution is -0.119. The van der Waals surface area contributed by atoms with Crippen LogP contribution in [0.2, 0.25) is 0 Å². The Morgan fingerprint density at radius 1 is 0.964 bits per heavy atom. The lowest BCUT2D eigenvalue weighted by atomic mass is 10.00. The number of carbonyl (C=O) groups excluding carboxylic acids is 1. The number of nitrogens with one attached hydrogen (secondary N) is 1. The minimum Gasteiger partial charge on any atom is -0.308 e. The summed E-state index contributed by atoms with van der Waals surface area (Å²) < 4.78 is 28.2. The number of anilines is 2. The first-order valence-corrected chi connectivity index (χ1v) is 11.6. The molecular formula is C22H26N2O3S. The Morgan fingerprint density at radius 3 is 2.46 bits per heavy atom. The normalized spacial score (nSPS) is 18.0. The molecule has 2 aromatic rings. The number of hydrogen-bond acceptors (Lipinski definition) is 3. The van der Waals surface area contributed by atoms with Crippen molar-refractivity contribution in [1.29, 1.82) is 0 Å². The van der Waals surface area contributed by atoms with Gasteiger partial charge in [0.25, 0.3) is 0 Å². The molecule has 1 saturated carbocycles. The highest BCUT2D eigenvalue weighted by Crippen LogP contribution is 2.33. The minimum atomic E-state index is -3.37. The van der Waals surface area contributed by atoms with E-state index in [9.17, 15) is 13.2 Å². The topological polar surface area (TPSA) is 66.5 Å². The van der Waals surface area contributed by atoms with Crippen LogP contribution < -0.4 is 9.62 Å². The summed E-state index contributed by atoms with van der Waals surface area (Å²) in [4.78, 5) is 14.3. The molecule has 0 spiro atoms. The highest BCUT2D eigenvalue weighted by molar-refractivity contribution is 7.93. The van der Waals surface area contributed by atoms with Crippen LogP contribution in [0.5, 0.6) is 0 Å². The average Bonchev–Trinajstić information content (AvgIpc) is 2.71. The van der Waals surface area contributed by atoms with E-state index < -0.39 is 10.0 Å². The standard InChI is InChI=1S/C22H26N2O3S/c25-22-14-11-18-15-19(23-28(26,27)20-9-5-2-6-10-20)12-13-21(18)24(22)16-17-7-3-1-4-8-17/h1,3-4,7-8,12-13,15,20,23H,2,5-6,9-11,14,16H2. The van der Waals surface area contributed by atoms with Crippen molar-refractivity contribution in [3.63, 3.8) is 0 Å². The highest BCUT2D eigenvalue weighted by Gasteiger charge is 2.28. The van der Waals surface area contributed by atoms with Crippen LogP contribution in [0.1, 0.15) is 49.7 Å². The van der Waals surface area contributed by atoms with Crippen molar-refractivity contribution in [1.82, 2.24) is 0 Å². The van der Waals surface area contributed by atoms with Gasteiger partial charge in [-0.3, -0.25) is 9.52 Å². The number of sulfonamides is 1. The van der Waals surface area contributed by atoms with Crippen LogP contribution in [0.15, 0.2) is 48.5 Å². The first kappa shape index (κ1) is 19.0. The van der Waals surface area contributed by atoms with Crippen LogP contribution in [0.3, 0.4) is 0 Å². The summed E-state index contributed by atoms with van der Waals surface area (Å²) >= 11 is 0. The molecule has 0 unspecified atom stereocenters. The zero-order chi connectivity index (χ0) is 19.6. The molecule has 4 rings (SSSR count). The Hall–Kier alpha value is -2.34. The van der Waals surface area contributed by atoms with Crippen molar-refractivity contribution >= 4 is 27.3 Å². The third-order valence-electron chi connectivity index (χ3n) is 5.71. The van der Waals surface area contributed by atoms with Gasteiger partial charge in [-0.25, -0.2) is 8.42 Å². The summed E-state index contributed by atoms with van der Waals surface area (Å²) in [6.07, 6.45) is 5.63. The lowest BCUT2D eigenvalue weighted by Crippen LogP contribution is -2.34. The van der Waals surface area contributed by atoms with E-state index in [1.807, 2.05) is 42.5 Å². The monoisotopic (exact) mass is 398 g/mol. The van der Waals surface area contributed by atoms with E-state index in [0.29, 0.717) is 25.1 Å². The van der Waals surface area contributed by atoms with Gasteiger partial charge in [0.15, 0.2) is 0 Å². The van der Waals surface area contributed by atoms with Gasteiger partial charge in [-0.05, 0) is 48.6 Å². The molecule has 0 atom stereocenters. The van der Waals surface area contributed by atoms with Gasteiger partial charge in [0.2, 0.25) is 15.9 Å². The predicted molar refractivity (Wildman–Crippen MR) is 112 cm³/mol. The molecule has 1 aliphatic heterocycles. The average molecular weight is 399 g/mol. The first-order chi connectivity index (χ1) is 13.5. The smallest absolute Gasteiger partial charge is 0.235 e. The van der Waals surface area contributed by atoms with Crippen molar-refractivity contribution < 1.29 is 13.2 Å². The Kier molecular flexibility index (Phi) is 5.40. The summed E-state index contributed by atoms with van der Waals surface area (Å²) in [6, 6.07) is 15.4. The van der Waals surface area contributed by atoms with Crippen molar-refractivity contribution in [2.24, 2.45) is 0 Å². The third kappa shape index (κ3) is 4.07. The molecule has 1 aliphatic carbocycles. The van der Waals surface area contributed by atoms with Gasteiger partial charge in [-0.2, -0.15) is 0 Å². The molecule has 1 N–H and O–H groups in total. The second-order valence-corrected chi connectivity index (χ2v) is 9.68. The molecule has 0 radical (unpaired) electrons. The van der Waals surface area contributed by atoms with E-state index in [1.165, 1.54) is 0 Å². The number of nitrogens with zero attached hydrogens (tertiary/aromatic N) is 1. The molecular weight excluding hydrogens is 372 g/mol. The maximum Gasteiger partial charge on any atom is 0.235 e. The number of benzene rings is 2. The van der Waals surface area contributed by atoms with Gasteiger partial charge < -0.3 is 4.90 Å². The molecule has 2 aliphatic rings. The van der Waals surface area contributed by atoms with Gasteiger partial charge in [-0.15, -0.1) is 0 Å². The number of rotatable bonds is 5. The molecule has 0 bridgehead atoms. The summed E-state index contributed by atoms with van der Waals surface area (Å²) in [5, 5.41) is -0.298. The van der Waals surface area contributed by atoms with Crippen LogP contribution in [0, 0.1) is 0 Å². The Labute approximate surface area is 166 Å². The zero-order valence-electron chi connectivity index (χ0n) is 15.9. The Balaban J connectivity index is 1.55. The van der Waals surface area contributed by atoms with Crippen molar-refractivity contribution in [2.75, 3.05) is 9.62 Å². The van der Waals surface area contributed by atoms with E-state index in [1.54, 1.807) is 11.0 Å². The quantitative estimate of drug-likeness (QED) is 0.819. The minimum absolute atomic E-state index is 0.104. The van der Waals surface area contributed by atoms with Crippen LogP contribution in [-0.2, 0) is 27.8 Å². The molecule has 1 amide bonds. The van der Waals surface area contributed by atoms with Crippen molar-refractivity contribution in [3.8, 4) is 0 Å². The molecule has 5 nitrogen and oxygen atoms in total. The number of amides is 1. The van der Waals surface area contributed by atoms with Crippen LogP contribution in [0.25, 0.3) is 0 Å². The van der Waals surface area contributed by atoms with Gasteiger partial charge in [-0.1, -0.05) is 49.6 Å². The molecule has 1 heterocycles. The summed E-state index contributed by atoms with van der Waals surface area (Å²) in [6.45, 7) is 0.528. The molecule has 6 heteroatoms. The van der Waals surface area contributed by atoms with E-state index in [2.05, 4.69) is 4.72 Å². The van der Waals surface area contributed by atoms with E-state index >= 15 is 0 Å². The molecule has 0 saturated heterocycles. The van der Waals surface area contributed by atoms with Crippen LogP contribution >= 0.6 is 0 Å². The van der Waals surface area contributed by atoms with Crippen molar-refractivity contribution in [3.05, 3.63) is 59.7 Å². The summed E-state index contributed by atoms with van der Waals surface area (Å²) in [5.74, 6) is 0.104. The fourth-order valence-corrected chi connectivity index (χ4v) is 5.76. The largest absolute Gasteiger partial charge is 0.308 e. The van der Waals surface area contributed by atoms with Gasteiger partial charge in [0, 0.05) is 17.8 Å². The Morgan fingerprint density at radius 2 is 1.71 bits per heavy atom. The molecule has 148 valence electrons. The van der Waals surface area contributed by atoms with Gasteiger partial charge >= 0.3 is 0 Å². The third-order valence-corrected chi connectivity index (χ3v) is 7.58. The van der Waals surface area contributed by atoms with E-state index in [0.717, 1.165) is 48.9 Å². The van der Waals surface area contributed by atoms with E-state index in [-0.39, 0.29) is 11.2 Å².